The summed E-state index contributed by atoms with van der Waals surface area (Å²) in [7, 11) is 2.09. The van der Waals surface area contributed by atoms with Gasteiger partial charge in [-0.15, -0.1) is 0 Å². The van der Waals surface area contributed by atoms with E-state index >= 15 is 0 Å². The predicted molar refractivity (Wildman–Crippen MR) is 86.5 cm³/mol. The van der Waals surface area contributed by atoms with E-state index in [-0.39, 0.29) is 11.8 Å². The minimum atomic E-state index is -0.278. The van der Waals surface area contributed by atoms with E-state index in [0.717, 1.165) is 30.3 Å². The number of halogens is 1. The summed E-state index contributed by atoms with van der Waals surface area (Å²) in [5, 5.41) is 7.38. The summed E-state index contributed by atoms with van der Waals surface area (Å²) < 4.78 is 13.3. The average Bonchev–Trinajstić information content (AvgIpc) is 2.91. The highest BCUT2D eigenvalue weighted by molar-refractivity contribution is 6.01. The number of hydrogen-bond donors (Lipinski definition) is 2. The molecule has 1 atom stereocenters. The second-order valence-electron chi connectivity index (χ2n) is 5.92. The Hall–Kier alpha value is -2.14. The smallest absolute Gasteiger partial charge is 0.319 e. The molecular formula is C17H20FN3O. The molecule has 22 heavy (non-hydrogen) atoms. The number of urea groups is 1. The molecule has 3 rings (SSSR count). The topological polar surface area (TPSA) is 44.4 Å². The molecule has 2 N–H and O–H groups in total. The van der Waals surface area contributed by atoms with Gasteiger partial charge >= 0.3 is 6.03 Å². The van der Waals surface area contributed by atoms with Crippen molar-refractivity contribution < 1.29 is 9.18 Å². The fourth-order valence-corrected chi connectivity index (χ4v) is 2.96. The molecule has 0 bridgehead atoms. The van der Waals surface area contributed by atoms with Gasteiger partial charge in [0.05, 0.1) is 5.69 Å². The number of nitrogens with one attached hydrogen (secondary N) is 2. The first-order valence-electron chi connectivity index (χ1n) is 7.53. The number of rotatable bonds is 3. The van der Waals surface area contributed by atoms with Gasteiger partial charge in [-0.25, -0.2) is 9.18 Å². The van der Waals surface area contributed by atoms with Crippen molar-refractivity contribution in [2.45, 2.75) is 6.42 Å². The molecule has 1 saturated heterocycles. The van der Waals surface area contributed by atoms with Gasteiger partial charge in [-0.3, -0.25) is 0 Å². The maximum atomic E-state index is 13.3. The quantitative estimate of drug-likeness (QED) is 0.915. The Morgan fingerprint density at radius 1 is 1.36 bits per heavy atom. The normalized spacial score (nSPS) is 18.5. The summed E-state index contributed by atoms with van der Waals surface area (Å²) in [5.74, 6) is 0.233. The second kappa shape index (κ2) is 6.32. The lowest BCUT2D eigenvalue weighted by molar-refractivity contribution is 0.250. The van der Waals surface area contributed by atoms with E-state index in [9.17, 15) is 9.18 Å². The van der Waals surface area contributed by atoms with E-state index in [2.05, 4.69) is 22.6 Å². The second-order valence-corrected chi connectivity index (χ2v) is 5.92. The minimum absolute atomic E-state index is 0.216. The van der Waals surface area contributed by atoms with Gasteiger partial charge in [0.25, 0.3) is 0 Å². The van der Waals surface area contributed by atoms with Gasteiger partial charge in [0.15, 0.2) is 0 Å². The largest absolute Gasteiger partial charge is 0.338 e. The number of nitrogens with zero attached hydrogens (tertiary/aromatic N) is 1. The highest BCUT2D eigenvalue weighted by Crippen LogP contribution is 2.24. The van der Waals surface area contributed by atoms with E-state index in [1.807, 2.05) is 18.2 Å². The molecule has 2 amide bonds. The lowest BCUT2D eigenvalue weighted by Crippen LogP contribution is -2.33. The number of amides is 2. The van der Waals surface area contributed by atoms with Crippen LogP contribution in [-0.2, 0) is 0 Å². The van der Waals surface area contributed by atoms with Crippen molar-refractivity contribution >= 4 is 22.5 Å². The molecule has 0 aromatic heterocycles. The van der Waals surface area contributed by atoms with E-state index in [1.54, 1.807) is 6.07 Å². The summed E-state index contributed by atoms with van der Waals surface area (Å²) in [6, 6.07) is 9.80. The molecule has 2 aromatic carbocycles. The Balaban J connectivity index is 1.64. The van der Waals surface area contributed by atoms with Gasteiger partial charge in [0, 0.05) is 18.5 Å². The molecule has 116 valence electrons. The fraction of sp³-hybridized carbons (Fsp3) is 0.353. The van der Waals surface area contributed by atoms with Gasteiger partial charge in [-0.05, 0) is 55.6 Å². The van der Waals surface area contributed by atoms with Crippen LogP contribution in [-0.4, -0.2) is 37.6 Å². The van der Waals surface area contributed by atoms with Crippen LogP contribution in [0.4, 0.5) is 14.9 Å². The van der Waals surface area contributed by atoms with Crippen molar-refractivity contribution in [3.8, 4) is 0 Å². The Morgan fingerprint density at radius 2 is 2.23 bits per heavy atom. The first-order chi connectivity index (χ1) is 10.6. The van der Waals surface area contributed by atoms with Crippen LogP contribution in [0.2, 0.25) is 0 Å². The van der Waals surface area contributed by atoms with Crippen LogP contribution in [0.25, 0.3) is 10.8 Å². The van der Waals surface area contributed by atoms with Crippen LogP contribution in [0, 0.1) is 11.7 Å². The number of likely N-dealkylation sites (tertiary alicyclic amines) is 1. The SMILES string of the molecule is CN1CCC(CNC(=O)Nc2cccc3cc(F)ccc23)C1. The lowest BCUT2D eigenvalue weighted by Gasteiger charge is -2.13. The summed E-state index contributed by atoms with van der Waals surface area (Å²) in [6.07, 6.45) is 1.12. The maximum Gasteiger partial charge on any atom is 0.319 e. The van der Waals surface area contributed by atoms with Crippen molar-refractivity contribution in [3.63, 3.8) is 0 Å². The third kappa shape index (κ3) is 3.36. The van der Waals surface area contributed by atoms with Crippen molar-refractivity contribution in [1.29, 1.82) is 0 Å². The summed E-state index contributed by atoms with van der Waals surface area (Å²) in [5.41, 5.74) is 0.693. The van der Waals surface area contributed by atoms with Crippen molar-refractivity contribution in [1.82, 2.24) is 10.2 Å². The van der Waals surface area contributed by atoms with Crippen LogP contribution in [0.15, 0.2) is 36.4 Å². The Kier molecular flexibility index (Phi) is 4.24. The molecule has 2 aromatic rings. The van der Waals surface area contributed by atoms with Crippen molar-refractivity contribution in [2.75, 3.05) is 32.0 Å². The molecule has 5 heteroatoms. The molecule has 0 spiro atoms. The lowest BCUT2D eigenvalue weighted by atomic mass is 10.1. The third-order valence-electron chi connectivity index (χ3n) is 4.13. The van der Waals surface area contributed by atoms with Crippen LogP contribution >= 0.6 is 0 Å². The molecule has 0 radical (unpaired) electrons. The number of benzene rings is 2. The van der Waals surface area contributed by atoms with Crippen molar-refractivity contribution in [2.24, 2.45) is 5.92 Å². The standard InChI is InChI=1S/C17H20FN3O/c1-21-8-7-12(11-21)10-19-17(22)20-16-4-2-3-13-9-14(18)5-6-15(13)16/h2-6,9,12H,7-8,10-11H2,1H3,(H2,19,20,22). The zero-order valence-corrected chi connectivity index (χ0v) is 12.6. The number of carbonyl (C=O) groups is 1. The zero-order chi connectivity index (χ0) is 15.5. The first-order valence-corrected chi connectivity index (χ1v) is 7.53. The van der Waals surface area contributed by atoms with Gasteiger partial charge in [-0.2, -0.15) is 0 Å². The zero-order valence-electron chi connectivity index (χ0n) is 12.6. The monoisotopic (exact) mass is 301 g/mol. The highest BCUT2D eigenvalue weighted by atomic mass is 19.1. The maximum absolute atomic E-state index is 13.3. The summed E-state index contributed by atoms with van der Waals surface area (Å²) in [4.78, 5) is 14.3. The number of hydrogen-bond acceptors (Lipinski definition) is 2. The molecule has 1 fully saturated rings. The van der Waals surface area contributed by atoms with Gasteiger partial charge in [0.1, 0.15) is 5.82 Å². The van der Waals surface area contributed by atoms with E-state index < -0.39 is 0 Å². The third-order valence-corrected chi connectivity index (χ3v) is 4.13. The Bertz CT molecular complexity index is 689. The Labute approximate surface area is 129 Å². The minimum Gasteiger partial charge on any atom is -0.338 e. The molecule has 0 aliphatic carbocycles. The molecule has 1 unspecified atom stereocenters. The van der Waals surface area contributed by atoms with Gasteiger partial charge < -0.3 is 15.5 Å². The molecular weight excluding hydrogens is 281 g/mol. The van der Waals surface area contributed by atoms with Crippen molar-refractivity contribution in [3.05, 3.63) is 42.2 Å². The Morgan fingerprint density at radius 3 is 3.00 bits per heavy atom. The summed E-state index contributed by atoms with van der Waals surface area (Å²) >= 11 is 0. The summed E-state index contributed by atoms with van der Waals surface area (Å²) in [6.45, 7) is 2.78. The van der Waals surface area contributed by atoms with Crippen LogP contribution in [0.5, 0.6) is 0 Å². The van der Waals surface area contributed by atoms with E-state index in [0.29, 0.717) is 18.2 Å². The molecule has 1 heterocycles. The fourth-order valence-electron chi connectivity index (χ4n) is 2.96. The highest BCUT2D eigenvalue weighted by Gasteiger charge is 2.19. The molecule has 1 aliphatic rings. The average molecular weight is 301 g/mol. The van der Waals surface area contributed by atoms with Crippen LogP contribution in [0.3, 0.4) is 0 Å². The molecule has 1 aliphatic heterocycles. The van der Waals surface area contributed by atoms with Gasteiger partial charge in [-0.1, -0.05) is 12.1 Å². The predicted octanol–water partition coefficient (Wildman–Crippen LogP) is 3.05. The molecule has 0 saturated carbocycles. The van der Waals surface area contributed by atoms with E-state index in [1.165, 1.54) is 12.1 Å². The number of carbonyl (C=O) groups excluding carboxylic acids is 1. The van der Waals surface area contributed by atoms with Crippen LogP contribution < -0.4 is 10.6 Å². The number of anilines is 1. The van der Waals surface area contributed by atoms with E-state index in [4.69, 9.17) is 0 Å². The molecule has 4 nitrogen and oxygen atoms in total. The van der Waals surface area contributed by atoms with Gasteiger partial charge in [0.2, 0.25) is 0 Å². The number of fused-ring (bicyclic) bond motifs is 1. The van der Waals surface area contributed by atoms with Crippen LogP contribution in [0.1, 0.15) is 6.42 Å². The first kappa shape index (κ1) is 14.8.